The first-order valence-corrected chi connectivity index (χ1v) is 8.84. The van der Waals surface area contributed by atoms with Gasteiger partial charge in [0.25, 0.3) is 0 Å². The lowest BCUT2D eigenvalue weighted by Crippen LogP contribution is -2.43. The maximum absolute atomic E-state index is 13.2. The van der Waals surface area contributed by atoms with Gasteiger partial charge in [-0.25, -0.2) is 4.39 Å². The van der Waals surface area contributed by atoms with E-state index in [9.17, 15) is 4.39 Å². The fourth-order valence-corrected chi connectivity index (χ4v) is 3.49. The number of hydrogen-bond donors (Lipinski definition) is 2. The Kier molecular flexibility index (Phi) is 7.31. The van der Waals surface area contributed by atoms with Gasteiger partial charge in [-0.3, -0.25) is 4.99 Å². The van der Waals surface area contributed by atoms with Gasteiger partial charge in [-0.1, -0.05) is 30.5 Å². The molecule has 6 heteroatoms. The van der Waals surface area contributed by atoms with Gasteiger partial charge in [0.1, 0.15) is 5.82 Å². The van der Waals surface area contributed by atoms with Crippen LogP contribution in [0.15, 0.2) is 23.2 Å². The summed E-state index contributed by atoms with van der Waals surface area (Å²) in [5.74, 6) is 0.350. The van der Waals surface area contributed by atoms with Crippen molar-refractivity contribution in [2.45, 2.75) is 38.6 Å². The Morgan fingerprint density at radius 3 is 2.71 bits per heavy atom. The second-order valence-electron chi connectivity index (χ2n) is 6.48. The van der Waals surface area contributed by atoms with Crippen LogP contribution in [0.5, 0.6) is 0 Å². The summed E-state index contributed by atoms with van der Waals surface area (Å²) < 4.78 is 18.5. The molecule has 0 radical (unpaired) electrons. The molecular weight excluding hydrogens is 329 g/mol. The molecule has 2 N–H and O–H groups in total. The van der Waals surface area contributed by atoms with Gasteiger partial charge in [0.2, 0.25) is 0 Å². The lowest BCUT2D eigenvalue weighted by molar-refractivity contribution is 0.138. The zero-order valence-electron chi connectivity index (χ0n) is 14.5. The van der Waals surface area contributed by atoms with E-state index in [-0.39, 0.29) is 5.02 Å². The Bertz CT molecular complexity index is 559. The molecule has 0 amide bonds. The number of benzene rings is 1. The van der Waals surface area contributed by atoms with Crippen LogP contribution in [-0.4, -0.2) is 33.3 Å². The molecule has 0 heterocycles. The maximum atomic E-state index is 13.2. The molecule has 134 valence electrons. The third-order valence-electron chi connectivity index (χ3n) is 4.80. The molecule has 1 fully saturated rings. The lowest BCUT2D eigenvalue weighted by Gasteiger charge is -2.30. The predicted molar refractivity (Wildman–Crippen MR) is 97.0 cm³/mol. The van der Waals surface area contributed by atoms with Gasteiger partial charge in [0.15, 0.2) is 5.96 Å². The Morgan fingerprint density at radius 1 is 1.33 bits per heavy atom. The smallest absolute Gasteiger partial charge is 0.191 e. The largest absolute Gasteiger partial charge is 0.385 e. The summed E-state index contributed by atoms with van der Waals surface area (Å²) in [7, 11) is 3.51. The van der Waals surface area contributed by atoms with Gasteiger partial charge in [-0.15, -0.1) is 0 Å². The molecule has 4 nitrogen and oxygen atoms in total. The van der Waals surface area contributed by atoms with Gasteiger partial charge in [-0.05, 0) is 42.4 Å². The number of aliphatic imine (C=N–C) groups is 1. The first-order valence-electron chi connectivity index (χ1n) is 8.46. The van der Waals surface area contributed by atoms with Crippen LogP contribution in [0.1, 0.15) is 37.7 Å². The molecule has 0 aliphatic heterocycles. The van der Waals surface area contributed by atoms with Gasteiger partial charge in [-0.2, -0.15) is 0 Å². The standard InChI is InChI=1S/C18H27ClFN3O/c1-21-17(22-12-14-5-6-16(20)15(19)11-14)23-13-18(9-10-24-2)7-3-4-8-18/h5-6,11H,3-4,7-10,12-13H2,1-2H3,(H2,21,22,23). The highest BCUT2D eigenvalue weighted by Crippen LogP contribution is 2.40. The average molecular weight is 356 g/mol. The molecule has 24 heavy (non-hydrogen) atoms. The third kappa shape index (κ3) is 5.35. The minimum Gasteiger partial charge on any atom is -0.385 e. The van der Waals surface area contributed by atoms with Crippen molar-refractivity contribution in [3.63, 3.8) is 0 Å². The van der Waals surface area contributed by atoms with Crippen molar-refractivity contribution in [1.29, 1.82) is 0 Å². The molecule has 1 aromatic rings. The van der Waals surface area contributed by atoms with Crippen molar-refractivity contribution in [1.82, 2.24) is 10.6 Å². The summed E-state index contributed by atoms with van der Waals surface area (Å²) in [5.41, 5.74) is 1.21. The second kappa shape index (κ2) is 9.23. The van der Waals surface area contributed by atoms with E-state index in [1.165, 1.54) is 31.7 Å². The second-order valence-corrected chi connectivity index (χ2v) is 6.88. The number of methoxy groups -OCH3 is 1. The molecule has 0 saturated heterocycles. The van der Waals surface area contributed by atoms with Crippen LogP contribution < -0.4 is 10.6 Å². The molecule has 0 spiro atoms. The van der Waals surface area contributed by atoms with Crippen LogP contribution in [0, 0.1) is 11.2 Å². The van der Waals surface area contributed by atoms with Gasteiger partial charge >= 0.3 is 0 Å². The van der Waals surface area contributed by atoms with Crippen LogP contribution in [0.3, 0.4) is 0 Å². The zero-order chi connectivity index (χ0) is 17.4. The number of rotatable bonds is 7. The van der Waals surface area contributed by atoms with Crippen molar-refractivity contribution in [3.05, 3.63) is 34.6 Å². The zero-order valence-corrected chi connectivity index (χ0v) is 15.3. The minimum atomic E-state index is -0.399. The summed E-state index contributed by atoms with van der Waals surface area (Å²) >= 11 is 5.82. The van der Waals surface area contributed by atoms with E-state index in [2.05, 4.69) is 15.6 Å². The number of guanidine groups is 1. The topological polar surface area (TPSA) is 45.7 Å². The van der Waals surface area contributed by atoms with E-state index in [4.69, 9.17) is 16.3 Å². The Hall–Kier alpha value is -1.33. The number of nitrogens with one attached hydrogen (secondary N) is 2. The van der Waals surface area contributed by atoms with Gasteiger partial charge in [0.05, 0.1) is 5.02 Å². The van der Waals surface area contributed by atoms with Crippen molar-refractivity contribution >= 4 is 17.6 Å². The van der Waals surface area contributed by atoms with E-state index in [1.807, 2.05) is 0 Å². The first-order chi connectivity index (χ1) is 11.6. The molecule has 1 aliphatic carbocycles. The van der Waals surface area contributed by atoms with E-state index >= 15 is 0 Å². The highest BCUT2D eigenvalue weighted by molar-refractivity contribution is 6.30. The number of halogens is 2. The van der Waals surface area contributed by atoms with Gasteiger partial charge in [0, 0.05) is 33.9 Å². The fraction of sp³-hybridized carbons (Fsp3) is 0.611. The Morgan fingerprint density at radius 2 is 2.08 bits per heavy atom. The third-order valence-corrected chi connectivity index (χ3v) is 5.09. The average Bonchev–Trinajstić information content (AvgIpc) is 3.05. The highest BCUT2D eigenvalue weighted by Gasteiger charge is 2.33. The van der Waals surface area contributed by atoms with Crippen LogP contribution in [0.4, 0.5) is 4.39 Å². The summed E-state index contributed by atoms with van der Waals surface area (Å²) in [5, 5.41) is 6.83. The van der Waals surface area contributed by atoms with Crippen molar-refractivity contribution < 1.29 is 9.13 Å². The minimum absolute atomic E-state index is 0.140. The summed E-state index contributed by atoms with van der Waals surface area (Å²) in [6.45, 7) is 2.23. The van der Waals surface area contributed by atoms with Crippen LogP contribution in [0.25, 0.3) is 0 Å². The normalized spacial score (nSPS) is 17.1. The van der Waals surface area contributed by atoms with E-state index in [1.54, 1.807) is 26.3 Å². The Balaban J connectivity index is 1.86. The molecule has 1 aliphatic rings. The molecule has 1 aromatic carbocycles. The summed E-state index contributed by atoms with van der Waals surface area (Å²) in [4.78, 5) is 4.27. The van der Waals surface area contributed by atoms with Crippen molar-refractivity contribution in [3.8, 4) is 0 Å². The number of ether oxygens (including phenoxy) is 1. The van der Waals surface area contributed by atoms with Crippen LogP contribution >= 0.6 is 11.6 Å². The quantitative estimate of drug-likeness (QED) is 0.578. The Labute approximate surface area is 148 Å². The van der Waals surface area contributed by atoms with E-state index in [0.29, 0.717) is 12.0 Å². The van der Waals surface area contributed by atoms with Crippen LogP contribution in [-0.2, 0) is 11.3 Å². The fourth-order valence-electron chi connectivity index (χ4n) is 3.29. The molecule has 1 saturated carbocycles. The molecule has 0 atom stereocenters. The molecule has 0 bridgehead atoms. The van der Waals surface area contributed by atoms with Crippen molar-refractivity contribution in [2.24, 2.45) is 10.4 Å². The number of nitrogens with zero attached hydrogens (tertiary/aromatic N) is 1. The summed E-state index contributed by atoms with van der Waals surface area (Å²) in [6.07, 6.45) is 6.10. The van der Waals surface area contributed by atoms with Crippen LogP contribution in [0.2, 0.25) is 5.02 Å². The monoisotopic (exact) mass is 355 g/mol. The molecule has 2 rings (SSSR count). The molecule has 0 aromatic heterocycles. The summed E-state index contributed by atoms with van der Waals surface area (Å²) in [6, 6.07) is 4.74. The van der Waals surface area contributed by atoms with E-state index in [0.717, 1.165) is 31.1 Å². The first kappa shape index (κ1) is 19.0. The molecule has 0 unspecified atom stereocenters. The maximum Gasteiger partial charge on any atom is 0.191 e. The SMILES string of the molecule is CN=C(NCc1ccc(F)c(Cl)c1)NCC1(CCOC)CCCC1. The van der Waals surface area contributed by atoms with Gasteiger partial charge < -0.3 is 15.4 Å². The highest BCUT2D eigenvalue weighted by atomic mass is 35.5. The van der Waals surface area contributed by atoms with E-state index < -0.39 is 5.82 Å². The molecular formula is C18H27ClFN3O. The predicted octanol–water partition coefficient (Wildman–Crippen LogP) is 3.74. The number of hydrogen-bond acceptors (Lipinski definition) is 2. The van der Waals surface area contributed by atoms with Crippen molar-refractivity contribution in [2.75, 3.05) is 27.3 Å². The lowest BCUT2D eigenvalue weighted by atomic mass is 9.83.